The van der Waals surface area contributed by atoms with Gasteiger partial charge in [0.15, 0.2) is 16.8 Å². The third-order valence-corrected chi connectivity index (χ3v) is 9.51. The summed E-state index contributed by atoms with van der Waals surface area (Å²) < 4.78 is 29.8. The molecule has 0 amide bonds. The molecule has 0 N–H and O–H groups in total. The number of carbonyl (C=O) groups is 1. The lowest BCUT2D eigenvalue weighted by Gasteiger charge is -2.20. The number of ketones is 1. The van der Waals surface area contributed by atoms with E-state index in [1.807, 2.05) is 61.7 Å². The van der Waals surface area contributed by atoms with Crippen LogP contribution in [0.25, 0.3) is 11.4 Å². The fraction of sp³-hybridized carbons (Fsp3) is 0.250. The van der Waals surface area contributed by atoms with Crippen LogP contribution in [0.15, 0.2) is 88.9 Å². The van der Waals surface area contributed by atoms with Crippen molar-refractivity contribution in [3.63, 3.8) is 0 Å². The molecule has 3 aromatic carbocycles. The zero-order valence-corrected chi connectivity index (χ0v) is 23.8. The summed E-state index contributed by atoms with van der Waals surface area (Å²) in [6.07, 6.45) is 0. The molecule has 0 unspecified atom stereocenters. The minimum atomic E-state index is -3.65. The Labute approximate surface area is 232 Å². The Morgan fingerprint density at radius 2 is 1.66 bits per heavy atom. The maximum atomic E-state index is 13.2. The summed E-state index contributed by atoms with van der Waals surface area (Å²) in [5, 5.41) is 10.0. The van der Waals surface area contributed by atoms with Gasteiger partial charge in [-0.1, -0.05) is 79.7 Å². The number of sulfonamides is 1. The number of rotatable bonds is 11. The molecule has 0 aliphatic carbocycles. The number of carbonyl (C=O) groups excluding carboxylic acids is 1. The average Bonchev–Trinajstić information content (AvgIpc) is 3.36. The second-order valence-corrected chi connectivity index (χ2v) is 11.9. The minimum Gasteiger partial charge on any atom is -0.295 e. The zero-order chi connectivity index (χ0) is 27.3. The van der Waals surface area contributed by atoms with Crippen molar-refractivity contribution in [3.05, 3.63) is 95.0 Å². The minimum absolute atomic E-state index is 0.0533. The molecule has 0 radical (unpaired) electrons. The van der Waals surface area contributed by atoms with Crippen molar-refractivity contribution in [3.8, 4) is 11.4 Å². The van der Waals surface area contributed by atoms with Crippen molar-refractivity contribution in [2.45, 2.75) is 36.9 Å². The van der Waals surface area contributed by atoms with E-state index in [4.69, 9.17) is 11.6 Å². The maximum absolute atomic E-state index is 13.2. The number of Topliss-reactive ketones (excluding diaryl/α,β-unsaturated/α-hetero) is 1. The molecule has 10 heteroatoms. The molecule has 0 aliphatic heterocycles. The second kappa shape index (κ2) is 12.3. The van der Waals surface area contributed by atoms with Gasteiger partial charge in [-0.15, -0.1) is 10.2 Å². The van der Waals surface area contributed by atoms with Crippen LogP contribution in [0, 0.1) is 0 Å². The molecule has 1 heterocycles. The van der Waals surface area contributed by atoms with Crippen molar-refractivity contribution in [2.75, 3.05) is 18.8 Å². The van der Waals surface area contributed by atoms with Crippen LogP contribution in [-0.4, -0.2) is 52.1 Å². The Hall–Kier alpha value is -2.98. The first kappa shape index (κ1) is 28.0. The van der Waals surface area contributed by atoms with Gasteiger partial charge in [0.2, 0.25) is 10.0 Å². The van der Waals surface area contributed by atoms with Crippen LogP contribution in [-0.2, 0) is 10.0 Å². The van der Waals surface area contributed by atoms with E-state index in [1.165, 1.54) is 16.1 Å². The average molecular weight is 569 g/mol. The van der Waals surface area contributed by atoms with Gasteiger partial charge in [-0.05, 0) is 48.9 Å². The van der Waals surface area contributed by atoms with Gasteiger partial charge in [0.25, 0.3) is 0 Å². The highest BCUT2D eigenvalue weighted by Crippen LogP contribution is 2.32. The van der Waals surface area contributed by atoms with E-state index in [0.29, 0.717) is 40.2 Å². The van der Waals surface area contributed by atoms with Gasteiger partial charge < -0.3 is 0 Å². The summed E-state index contributed by atoms with van der Waals surface area (Å²) in [4.78, 5) is 13.0. The highest BCUT2D eigenvalue weighted by Gasteiger charge is 2.25. The van der Waals surface area contributed by atoms with Crippen LogP contribution in [0.2, 0.25) is 5.02 Å². The number of hydrogen-bond acceptors (Lipinski definition) is 6. The van der Waals surface area contributed by atoms with E-state index < -0.39 is 10.0 Å². The number of thioether (sulfide) groups is 1. The highest BCUT2D eigenvalue weighted by molar-refractivity contribution is 7.99. The van der Waals surface area contributed by atoms with Crippen LogP contribution in [0.1, 0.15) is 42.7 Å². The molecule has 4 aromatic rings. The molecule has 1 aromatic heterocycles. The monoisotopic (exact) mass is 568 g/mol. The lowest BCUT2D eigenvalue weighted by atomic mass is 10.1. The van der Waals surface area contributed by atoms with Gasteiger partial charge in [-0.2, -0.15) is 4.31 Å². The Balaban J connectivity index is 1.73. The Morgan fingerprint density at radius 1 is 0.974 bits per heavy atom. The summed E-state index contributed by atoms with van der Waals surface area (Å²) in [5.41, 5.74) is 2.23. The predicted molar refractivity (Wildman–Crippen MR) is 152 cm³/mol. The van der Waals surface area contributed by atoms with Crippen molar-refractivity contribution in [1.29, 1.82) is 0 Å². The van der Waals surface area contributed by atoms with Crippen LogP contribution in [0.5, 0.6) is 0 Å². The van der Waals surface area contributed by atoms with Crippen molar-refractivity contribution in [1.82, 2.24) is 19.1 Å². The highest BCUT2D eigenvalue weighted by atomic mass is 35.5. The number of hydrogen-bond donors (Lipinski definition) is 0. The maximum Gasteiger partial charge on any atom is 0.243 e. The summed E-state index contributed by atoms with van der Waals surface area (Å²) in [7, 11) is -3.65. The fourth-order valence-electron chi connectivity index (χ4n) is 4.16. The van der Waals surface area contributed by atoms with Gasteiger partial charge in [0.05, 0.1) is 16.7 Å². The molecule has 0 fully saturated rings. The molecule has 7 nitrogen and oxygen atoms in total. The molecule has 0 bridgehead atoms. The topological polar surface area (TPSA) is 85.2 Å². The van der Waals surface area contributed by atoms with Crippen LogP contribution < -0.4 is 0 Å². The summed E-state index contributed by atoms with van der Waals surface area (Å²) in [5.74, 6) is 0.638. The van der Waals surface area contributed by atoms with Crippen LogP contribution in [0.3, 0.4) is 0 Å². The van der Waals surface area contributed by atoms with Gasteiger partial charge in [-0.3, -0.25) is 9.36 Å². The number of halogens is 1. The molecule has 0 aliphatic rings. The van der Waals surface area contributed by atoms with E-state index in [1.54, 1.807) is 42.5 Å². The SMILES string of the molecule is CCN(CC)S(=O)(=O)c1cccc(-c2nnc(SCC(=O)c3ccc(Cl)cc3)n2[C@H](C)c2ccccc2)c1. The molecule has 1 atom stereocenters. The lowest BCUT2D eigenvalue weighted by Crippen LogP contribution is -2.30. The van der Waals surface area contributed by atoms with Crippen molar-refractivity contribution in [2.24, 2.45) is 0 Å². The van der Waals surface area contributed by atoms with Crippen LogP contribution in [0.4, 0.5) is 0 Å². The fourth-order valence-corrected chi connectivity index (χ4v) is 6.70. The lowest BCUT2D eigenvalue weighted by molar-refractivity contribution is 0.102. The van der Waals surface area contributed by atoms with Gasteiger partial charge in [0, 0.05) is 29.2 Å². The molecule has 0 spiro atoms. The van der Waals surface area contributed by atoms with Gasteiger partial charge in [-0.25, -0.2) is 8.42 Å². The number of aromatic nitrogens is 3. The van der Waals surface area contributed by atoms with Crippen molar-refractivity contribution >= 4 is 39.2 Å². The zero-order valence-electron chi connectivity index (χ0n) is 21.4. The summed E-state index contributed by atoms with van der Waals surface area (Å²) in [6, 6.07) is 23.3. The summed E-state index contributed by atoms with van der Waals surface area (Å²) in [6.45, 7) is 6.43. The smallest absolute Gasteiger partial charge is 0.243 e. The molecule has 0 saturated carbocycles. The largest absolute Gasteiger partial charge is 0.295 e. The van der Waals surface area contributed by atoms with E-state index in [-0.39, 0.29) is 22.5 Å². The molecular weight excluding hydrogens is 540 g/mol. The normalized spacial score (nSPS) is 12.6. The van der Waals surface area contributed by atoms with E-state index in [9.17, 15) is 13.2 Å². The molecule has 0 saturated heterocycles. The van der Waals surface area contributed by atoms with Gasteiger partial charge >= 0.3 is 0 Å². The Morgan fingerprint density at radius 3 is 2.32 bits per heavy atom. The van der Waals surface area contributed by atoms with Crippen molar-refractivity contribution < 1.29 is 13.2 Å². The molecule has 4 rings (SSSR count). The van der Waals surface area contributed by atoms with E-state index in [2.05, 4.69) is 10.2 Å². The van der Waals surface area contributed by atoms with Gasteiger partial charge in [0.1, 0.15) is 0 Å². The first-order valence-corrected chi connectivity index (χ1v) is 15.1. The van der Waals surface area contributed by atoms with E-state index in [0.717, 1.165) is 5.56 Å². The molecule has 38 heavy (non-hydrogen) atoms. The second-order valence-electron chi connectivity index (χ2n) is 8.60. The third-order valence-electron chi connectivity index (χ3n) is 6.27. The Kier molecular flexibility index (Phi) is 9.04. The number of benzene rings is 3. The first-order chi connectivity index (χ1) is 18.3. The number of nitrogens with zero attached hydrogens (tertiary/aromatic N) is 4. The molecule has 198 valence electrons. The van der Waals surface area contributed by atoms with Crippen LogP contribution >= 0.6 is 23.4 Å². The third kappa shape index (κ3) is 6.02. The Bertz CT molecular complexity index is 1500. The van der Waals surface area contributed by atoms with E-state index >= 15 is 0 Å². The predicted octanol–water partition coefficient (Wildman–Crippen LogP) is 6.21. The molecular formula is C28H29ClN4O3S2. The standard InChI is InChI=1S/C28H29ClN4O3S2/c1-4-32(5-2)38(35,36)25-13-9-12-23(18-25)27-30-31-28(33(27)20(3)21-10-7-6-8-11-21)37-19-26(34)22-14-16-24(29)17-15-22/h6-18,20H,4-5,19H2,1-3H3/t20-/m1/s1. The summed E-state index contributed by atoms with van der Waals surface area (Å²) >= 11 is 7.25. The first-order valence-electron chi connectivity index (χ1n) is 12.3. The quantitative estimate of drug-likeness (QED) is 0.158.